The van der Waals surface area contributed by atoms with Crippen molar-refractivity contribution in [3.63, 3.8) is 0 Å². The Kier molecular flexibility index (Phi) is 15.9. The van der Waals surface area contributed by atoms with Crippen molar-refractivity contribution in [2.75, 3.05) is 5.75 Å². The van der Waals surface area contributed by atoms with Gasteiger partial charge in [0.2, 0.25) is 6.69 Å². The van der Waals surface area contributed by atoms with Crippen molar-refractivity contribution < 1.29 is 0 Å². The summed E-state index contributed by atoms with van der Waals surface area (Å²) in [6, 6.07) is 1.06. The number of thiol groups is 1. The topological polar surface area (TPSA) is 0 Å². The van der Waals surface area contributed by atoms with Crippen LogP contribution >= 0.6 is 34.8 Å². The minimum absolute atomic E-state index is 1.05. The second-order valence-corrected chi connectivity index (χ2v) is 14.8. The van der Waals surface area contributed by atoms with Crippen LogP contribution in [0.25, 0.3) is 0 Å². The summed E-state index contributed by atoms with van der Waals surface area (Å²) in [6.45, 7) is 0.203. The van der Waals surface area contributed by atoms with Gasteiger partial charge in [-0.3, -0.25) is 0 Å². The lowest BCUT2D eigenvalue weighted by molar-refractivity contribution is 0.543. The highest BCUT2D eigenvalue weighted by Crippen LogP contribution is 2.23. The molecule has 0 heterocycles. The van der Waals surface area contributed by atoms with Gasteiger partial charge in [0.15, 0.2) is 0 Å². The van der Waals surface area contributed by atoms with E-state index in [1.165, 1.54) is 83.5 Å². The summed E-state index contributed by atoms with van der Waals surface area (Å²) in [7, 11) is 0. The largest absolute Gasteiger partial charge is 0.248 e. The van der Waals surface area contributed by atoms with Gasteiger partial charge >= 0.3 is 0 Å². The molecule has 0 amide bonds. The Morgan fingerprint density at radius 3 is 1.20 bits per heavy atom. The van der Waals surface area contributed by atoms with Gasteiger partial charge in [0.05, 0.1) is 0 Å². The van der Waals surface area contributed by atoms with Gasteiger partial charge in [0.1, 0.15) is 0 Å². The van der Waals surface area contributed by atoms with E-state index in [1.54, 1.807) is 0 Å². The summed E-state index contributed by atoms with van der Waals surface area (Å²) >= 11 is 16.4. The Morgan fingerprint density at radius 1 is 0.600 bits per heavy atom. The van der Waals surface area contributed by atoms with E-state index in [0.717, 1.165) is 11.8 Å². The first-order valence-corrected chi connectivity index (χ1v) is 13.9. The molecule has 0 nitrogen and oxygen atoms in total. The average Bonchev–Trinajstić information content (AvgIpc) is 2.38. The summed E-state index contributed by atoms with van der Waals surface area (Å²) in [6.07, 6.45) is 17.9. The summed E-state index contributed by atoms with van der Waals surface area (Å²) in [4.78, 5) is 0. The van der Waals surface area contributed by atoms with E-state index in [2.05, 4.69) is 12.6 Å². The van der Waals surface area contributed by atoms with E-state index < -0.39 is 6.69 Å². The van der Waals surface area contributed by atoms with E-state index in [9.17, 15) is 0 Å². The van der Waals surface area contributed by atoms with E-state index in [4.69, 9.17) is 22.2 Å². The van der Waals surface area contributed by atoms with E-state index in [-0.39, 0.29) is 0 Å². The lowest BCUT2D eigenvalue weighted by Gasteiger charge is -2.09. The van der Waals surface area contributed by atoms with Crippen LogP contribution < -0.4 is 0 Å². The van der Waals surface area contributed by atoms with Gasteiger partial charge in [-0.25, -0.2) is 0 Å². The Hall–Kier alpha value is 1.15. The smallest absolute Gasteiger partial charge is 0.179 e. The van der Waals surface area contributed by atoms with Gasteiger partial charge in [0, 0.05) is 0 Å². The molecule has 0 aromatic rings. The highest BCUT2D eigenvalue weighted by Gasteiger charge is 2.19. The predicted molar refractivity (Wildman–Crippen MR) is 102 cm³/mol. The van der Waals surface area contributed by atoms with Crippen LogP contribution in [-0.4, -0.2) is 12.4 Å². The Balaban J connectivity index is 2.99. The molecule has 0 aromatic carbocycles. The molecule has 0 unspecified atom stereocenters. The van der Waals surface area contributed by atoms with Crippen LogP contribution in [0, 0.1) is 0 Å². The van der Waals surface area contributed by atoms with Crippen molar-refractivity contribution in [1.82, 2.24) is 0 Å². The third-order valence-electron chi connectivity index (χ3n) is 3.77. The van der Waals surface area contributed by atoms with Gasteiger partial charge in [0.25, 0.3) is 0 Å². The van der Waals surface area contributed by atoms with E-state index >= 15 is 0 Å². The van der Waals surface area contributed by atoms with Gasteiger partial charge in [-0.15, -0.1) is 22.2 Å². The number of halogens is 2. The number of hydrogen-bond acceptors (Lipinski definition) is 1. The molecule has 0 aliphatic heterocycles. The average molecular weight is 358 g/mol. The predicted octanol–water partition coefficient (Wildman–Crippen LogP) is 7.54. The first kappa shape index (κ1) is 21.1. The van der Waals surface area contributed by atoms with Crippen LogP contribution in [0.4, 0.5) is 0 Å². The van der Waals surface area contributed by atoms with Gasteiger partial charge in [-0.2, -0.15) is 12.6 Å². The van der Waals surface area contributed by atoms with Crippen LogP contribution in [0.2, 0.25) is 12.6 Å². The molecule has 4 heteroatoms. The number of hydrogen-bond donors (Lipinski definition) is 1. The fourth-order valence-electron chi connectivity index (χ4n) is 2.49. The quantitative estimate of drug-likeness (QED) is 0.133. The van der Waals surface area contributed by atoms with Crippen LogP contribution in [0.3, 0.4) is 0 Å². The molecule has 20 heavy (non-hydrogen) atoms. The van der Waals surface area contributed by atoms with Crippen LogP contribution in [-0.2, 0) is 0 Å². The molecule has 0 aliphatic carbocycles. The van der Waals surface area contributed by atoms with Gasteiger partial charge in [-0.05, 0) is 24.8 Å². The van der Waals surface area contributed by atoms with Gasteiger partial charge in [-0.1, -0.05) is 77.0 Å². The van der Waals surface area contributed by atoms with Crippen molar-refractivity contribution in [1.29, 1.82) is 0 Å². The highest BCUT2D eigenvalue weighted by molar-refractivity contribution is 7.80. The zero-order valence-corrected chi connectivity index (χ0v) is 16.7. The Morgan fingerprint density at radius 2 is 0.900 bits per heavy atom. The molecule has 0 radical (unpaired) electrons. The van der Waals surface area contributed by atoms with Crippen molar-refractivity contribution in [2.24, 2.45) is 0 Å². The van der Waals surface area contributed by atoms with Crippen molar-refractivity contribution in [3.8, 4) is 0 Å². The first-order chi connectivity index (χ1) is 9.56. The van der Waals surface area contributed by atoms with Crippen molar-refractivity contribution in [3.05, 3.63) is 0 Å². The molecule has 0 N–H and O–H groups in total. The maximum absolute atomic E-state index is 6.08. The minimum atomic E-state index is -1.82. The zero-order valence-electron chi connectivity index (χ0n) is 13.3. The molecule has 0 atom stereocenters. The Bertz CT molecular complexity index is 195. The summed E-state index contributed by atoms with van der Waals surface area (Å²) in [5, 5.41) is 0. The summed E-state index contributed by atoms with van der Waals surface area (Å²) in [5.41, 5.74) is 0. The maximum Gasteiger partial charge on any atom is 0.248 e. The van der Waals surface area contributed by atoms with E-state index in [1.807, 2.05) is 6.55 Å². The number of rotatable bonds is 15. The zero-order chi connectivity index (χ0) is 15.1. The fourth-order valence-corrected chi connectivity index (χ4v) is 4.39. The molecule has 122 valence electrons. The standard InChI is InChI=1S/C16H34Cl2SSi/c1-20(17,18)16-14-12-10-8-6-4-2-3-5-7-9-11-13-15-19/h19H,2-16H2,1H3. The van der Waals surface area contributed by atoms with Crippen LogP contribution in [0.15, 0.2) is 0 Å². The van der Waals surface area contributed by atoms with Crippen LogP contribution in [0.5, 0.6) is 0 Å². The third kappa shape index (κ3) is 19.1. The lowest BCUT2D eigenvalue weighted by atomic mass is 10.0. The molecule has 0 spiro atoms. The van der Waals surface area contributed by atoms with Crippen molar-refractivity contribution >= 4 is 41.5 Å². The van der Waals surface area contributed by atoms with E-state index in [0.29, 0.717) is 0 Å². The molecule has 0 fully saturated rings. The molecule has 0 rings (SSSR count). The maximum atomic E-state index is 6.08. The highest BCUT2D eigenvalue weighted by atomic mass is 35.7. The molecule has 0 bridgehead atoms. The molecule has 0 aliphatic rings. The Labute approximate surface area is 143 Å². The van der Waals surface area contributed by atoms with Crippen molar-refractivity contribution in [2.45, 2.75) is 96.1 Å². The normalized spacial score (nSPS) is 12.0. The second-order valence-electron chi connectivity index (χ2n) is 6.14. The SMILES string of the molecule is C[Si](Cl)(Cl)CCCCCCCCCCCCCCCS. The molecular weight excluding hydrogens is 323 g/mol. The number of unbranched alkanes of at least 4 members (excludes halogenated alkanes) is 12. The summed E-state index contributed by atoms with van der Waals surface area (Å²) < 4.78 is 0. The lowest BCUT2D eigenvalue weighted by Crippen LogP contribution is -2.11. The first-order valence-electron chi connectivity index (χ1n) is 8.55. The fraction of sp³-hybridized carbons (Fsp3) is 1.00. The molecule has 0 saturated heterocycles. The van der Waals surface area contributed by atoms with Crippen LogP contribution in [0.1, 0.15) is 83.5 Å². The molecular formula is C16H34Cl2SSi. The minimum Gasteiger partial charge on any atom is -0.179 e. The second kappa shape index (κ2) is 15.1. The monoisotopic (exact) mass is 356 g/mol. The van der Waals surface area contributed by atoms with Gasteiger partial charge < -0.3 is 0 Å². The summed E-state index contributed by atoms with van der Waals surface area (Å²) in [5.74, 6) is 1.05. The molecule has 0 saturated carbocycles. The molecule has 0 aromatic heterocycles. The third-order valence-corrected chi connectivity index (χ3v) is 6.46.